The van der Waals surface area contributed by atoms with E-state index < -0.39 is 9.84 Å². The normalized spacial score (nSPS) is 13.4. The highest BCUT2D eigenvalue weighted by atomic mass is 32.2. The van der Waals surface area contributed by atoms with Crippen molar-refractivity contribution in [2.75, 3.05) is 31.6 Å². The topological polar surface area (TPSA) is 70.6 Å². The van der Waals surface area contributed by atoms with Gasteiger partial charge in [0.05, 0.1) is 5.75 Å². The van der Waals surface area contributed by atoms with E-state index >= 15 is 0 Å². The molecule has 0 bridgehead atoms. The standard InChI is InChI=1S/C13H29N3O2S/c1-6-9-15-12(14-7-2)16-11-13(3,4)8-10-19(5,17)18/h6-11H2,1-5H3,(H2,14,15,16). The molecule has 0 amide bonds. The fraction of sp³-hybridized carbons (Fsp3) is 0.923. The molecule has 2 N–H and O–H groups in total. The maximum absolute atomic E-state index is 11.2. The number of sulfone groups is 1. The molecular weight excluding hydrogens is 262 g/mol. The first-order valence-corrected chi connectivity index (χ1v) is 8.96. The molecule has 0 aromatic carbocycles. The summed E-state index contributed by atoms with van der Waals surface area (Å²) in [6.45, 7) is 10.5. The Morgan fingerprint density at radius 2 is 1.84 bits per heavy atom. The molecule has 0 rings (SSSR count). The van der Waals surface area contributed by atoms with Gasteiger partial charge in [-0.3, -0.25) is 4.99 Å². The highest BCUT2D eigenvalue weighted by Crippen LogP contribution is 2.21. The largest absolute Gasteiger partial charge is 0.357 e. The Morgan fingerprint density at radius 1 is 1.21 bits per heavy atom. The van der Waals surface area contributed by atoms with Gasteiger partial charge in [0.2, 0.25) is 0 Å². The zero-order valence-corrected chi connectivity index (χ0v) is 13.7. The van der Waals surface area contributed by atoms with Crippen molar-refractivity contribution in [1.29, 1.82) is 0 Å². The van der Waals surface area contributed by atoms with E-state index in [-0.39, 0.29) is 11.2 Å². The van der Waals surface area contributed by atoms with Crippen LogP contribution in [0.4, 0.5) is 0 Å². The number of nitrogens with one attached hydrogen (secondary N) is 2. The van der Waals surface area contributed by atoms with Crippen LogP contribution in [0.5, 0.6) is 0 Å². The predicted molar refractivity (Wildman–Crippen MR) is 82.4 cm³/mol. The molecule has 0 radical (unpaired) electrons. The van der Waals surface area contributed by atoms with Crippen molar-refractivity contribution in [3.8, 4) is 0 Å². The lowest BCUT2D eigenvalue weighted by atomic mass is 9.90. The number of rotatable bonds is 8. The van der Waals surface area contributed by atoms with Gasteiger partial charge in [0.25, 0.3) is 0 Å². The zero-order chi connectivity index (χ0) is 14.9. The summed E-state index contributed by atoms with van der Waals surface area (Å²) in [7, 11) is -2.90. The maximum Gasteiger partial charge on any atom is 0.191 e. The van der Waals surface area contributed by atoms with Crippen molar-refractivity contribution in [3.63, 3.8) is 0 Å². The summed E-state index contributed by atoms with van der Waals surface area (Å²) in [6.07, 6.45) is 2.95. The molecule has 0 spiro atoms. The lowest BCUT2D eigenvalue weighted by Crippen LogP contribution is -2.38. The molecule has 0 aromatic rings. The Labute approximate surface area is 118 Å². The first-order valence-electron chi connectivity index (χ1n) is 6.90. The summed E-state index contributed by atoms with van der Waals surface area (Å²) < 4.78 is 22.4. The molecule has 0 aliphatic carbocycles. The van der Waals surface area contributed by atoms with Crippen molar-refractivity contribution in [1.82, 2.24) is 10.6 Å². The van der Waals surface area contributed by atoms with Crippen LogP contribution >= 0.6 is 0 Å². The van der Waals surface area contributed by atoms with Crippen molar-refractivity contribution in [2.24, 2.45) is 10.4 Å². The highest BCUT2D eigenvalue weighted by Gasteiger charge is 2.20. The number of aliphatic imine (C=N–C) groups is 1. The minimum atomic E-state index is -2.90. The van der Waals surface area contributed by atoms with Gasteiger partial charge in [0, 0.05) is 25.9 Å². The molecule has 0 aliphatic rings. The van der Waals surface area contributed by atoms with Crippen LogP contribution in [0.1, 0.15) is 40.5 Å². The van der Waals surface area contributed by atoms with Crippen LogP contribution in [0.3, 0.4) is 0 Å². The minimum absolute atomic E-state index is 0.113. The number of hydrogen-bond donors (Lipinski definition) is 2. The van der Waals surface area contributed by atoms with Crippen LogP contribution in [0.25, 0.3) is 0 Å². The average Bonchev–Trinajstić information content (AvgIpc) is 2.30. The second kappa shape index (κ2) is 8.40. The van der Waals surface area contributed by atoms with Gasteiger partial charge in [0.1, 0.15) is 9.84 Å². The van der Waals surface area contributed by atoms with Crippen LogP contribution < -0.4 is 10.6 Å². The molecule has 0 fully saturated rings. The number of guanidine groups is 1. The van der Waals surface area contributed by atoms with Gasteiger partial charge < -0.3 is 10.6 Å². The summed E-state index contributed by atoms with van der Waals surface area (Å²) >= 11 is 0. The van der Waals surface area contributed by atoms with E-state index in [2.05, 4.69) is 22.5 Å². The van der Waals surface area contributed by atoms with Crippen LogP contribution in [-0.4, -0.2) is 46.0 Å². The third kappa shape index (κ3) is 10.8. The molecular formula is C13H29N3O2S. The highest BCUT2D eigenvalue weighted by molar-refractivity contribution is 7.90. The van der Waals surface area contributed by atoms with E-state index in [1.54, 1.807) is 0 Å². The number of nitrogens with zero attached hydrogens (tertiary/aromatic N) is 1. The van der Waals surface area contributed by atoms with Gasteiger partial charge >= 0.3 is 0 Å². The van der Waals surface area contributed by atoms with Gasteiger partial charge in [-0.1, -0.05) is 20.8 Å². The van der Waals surface area contributed by atoms with Crippen molar-refractivity contribution in [3.05, 3.63) is 0 Å². The molecule has 0 saturated carbocycles. The molecule has 0 aromatic heterocycles. The molecule has 0 unspecified atom stereocenters. The minimum Gasteiger partial charge on any atom is -0.357 e. The molecule has 114 valence electrons. The van der Waals surface area contributed by atoms with E-state index in [4.69, 9.17) is 0 Å². The molecule has 0 saturated heterocycles. The Hall–Kier alpha value is -0.780. The monoisotopic (exact) mass is 291 g/mol. The van der Waals surface area contributed by atoms with Gasteiger partial charge in [0.15, 0.2) is 5.96 Å². The summed E-state index contributed by atoms with van der Waals surface area (Å²) in [4.78, 5) is 4.52. The summed E-state index contributed by atoms with van der Waals surface area (Å²) in [5, 5.41) is 6.42. The fourth-order valence-corrected chi connectivity index (χ4v) is 2.34. The second-order valence-corrected chi connectivity index (χ2v) is 7.93. The lowest BCUT2D eigenvalue weighted by molar-refractivity contribution is 0.365. The van der Waals surface area contributed by atoms with Gasteiger partial charge in [-0.25, -0.2) is 8.42 Å². The van der Waals surface area contributed by atoms with E-state index in [0.29, 0.717) is 13.0 Å². The maximum atomic E-state index is 11.2. The quantitative estimate of drug-likeness (QED) is 0.524. The summed E-state index contributed by atoms with van der Waals surface area (Å²) in [6, 6.07) is 0. The Morgan fingerprint density at radius 3 is 2.32 bits per heavy atom. The third-order valence-electron chi connectivity index (χ3n) is 2.70. The first kappa shape index (κ1) is 18.2. The van der Waals surface area contributed by atoms with E-state index in [1.165, 1.54) is 6.26 Å². The van der Waals surface area contributed by atoms with Crippen LogP contribution in [0.2, 0.25) is 0 Å². The van der Waals surface area contributed by atoms with Crippen molar-refractivity contribution < 1.29 is 8.42 Å². The number of hydrogen-bond acceptors (Lipinski definition) is 3. The average molecular weight is 291 g/mol. The smallest absolute Gasteiger partial charge is 0.191 e. The Balaban J connectivity index is 4.42. The van der Waals surface area contributed by atoms with Gasteiger partial charge in [-0.15, -0.1) is 0 Å². The SMILES string of the molecule is CCCNC(=NCC(C)(C)CCS(C)(=O)=O)NCC. The zero-order valence-electron chi connectivity index (χ0n) is 12.9. The van der Waals surface area contributed by atoms with Crippen LogP contribution in [-0.2, 0) is 9.84 Å². The molecule has 6 heteroatoms. The van der Waals surface area contributed by atoms with E-state index in [0.717, 1.165) is 25.5 Å². The Kier molecular flexibility index (Phi) is 8.06. The molecule has 0 aliphatic heterocycles. The third-order valence-corrected chi connectivity index (χ3v) is 3.65. The van der Waals surface area contributed by atoms with Crippen LogP contribution in [0, 0.1) is 5.41 Å². The molecule has 19 heavy (non-hydrogen) atoms. The van der Waals surface area contributed by atoms with Gasteiger partial charge in [-0.05, 0) is 25.2 Å². The van der Waals surface area contributed by atoms with Gasteiger partial charge in [-0.2, -0.15) is 0 Å². The summed E-state index contributed by atoms with van der Waals surface area (Å²) in [5.41, 5.74) is -0.113. The van der Waals surface area contributed by atoms with Crippen molar-refractivity contribution in [2.45, 2.75) is 40.5 Å². The van der Waals surface area contributed by atoms with E-state index in [9.17, 15) is 8.42 Å². The molecule has 0 atom stereocenters. The predicted octanol–water partition coefficient (Wildman–Crippen LogP) is 1.41. The molecule has 5 nitrogen and oxygen atoms in total. The first-order chi connectivity index (χ1) is 8.70. The molecule has 0 heterocycles. The summed E-state index contributed by atoms with van der Waals surface area (Å²) in [5.74, 6) is 1.02. The van der Waals surface area contributed by atoms with E-state index in [1.807, 2.05) is 20.8 Å². The van der Waals surface area contributed by atoms with Crippen molar-refractivity contribution >= 4 is 15.8 Å². The van der Waals surface area contributed by atoms with Crippen LogP contribution in [0.15, 0.2) is 4.99 Å². The second-order valence-electron chi connectivity index (χ2n) is 5.67. The Bertz CT molecular complexity index is 375. The fourth-order valence-electron chi connectivity index (χ4n) is 1.42. The lowest BCUT2D eigenvalue weighted by Gasteiger charge is -2.22.